The number of nitrogens with zero attached hydrogens (tertiary/aromatic N) is 1. The molecule has 0 saturated carbocycles. The average Bonchev–Trinajstić information content (AvgIpc) is 2.59. The van der Waals surface area contributed by atoms with Crippen molar-refractivity contribution in [2.75, 3.05) is 13.2 Å². The molecule has 0 radical (unpaired) electrons. The predicted molar refractivity (Wildman–Crippen MR) is 43.1 cm³/mol. The topological polar surface area (TPSA) is 47.1 Å². The van der Waals surface area contributed by atoms with Gasteiger partial charge in [-0.3, -0.25) is 5.10 Å². The van der Waals surface area contributed by atoms with Crippen LogP contribution in [-0.2, 0) is 4.74 Å². The van der Waals surface area contributed by atoms with E-state index >= 15 is 0 Å². The third-order valence-corrected chi connectivity index (χ3v) is 1.94. The number of hydrogen-bond donors (Lipinski definition) is 1. The first kappa shape index (κ1) is 7.61. The van der Waals surface area contributed by atoms with Gasteiger partial charge in [0, 0.05) is 12.8 Å². The number of nitrogens with one attached hydrogen (secondary N) is 1. The first-order valence-corrected chi connectivity index (χ1v) is 4.18. The molecule has 0 bridgehead atoms. The minimum Gasteiger partial charge on any atom is -0.487 e. The van der Waals surface area contributed by atoms with Crippen LogP contribution in [0.3, 0.4) is 0 Å². The normalized spacial score (nSPS) is 19.3. The number of hydrogen-bond acceptors (Lipinski definition) is 3. The fraction of sp³-hybridized carbons (Fsp3) is 0.625. The van der Waals surface area contributed by atoms with Gasteiger partial charge < -0.3 is 9.47 Å². The van der Waals surface area contributed by atoms with Gasteiger partial charge in [-0.2, -0.15) is 5.10 Å². The van der Waals surface area contributed by atoms with Gasteiger partial charge in [0.1, 0.15) is 6.10 Å². The Balaban J connectivity index is 1.86. The van der Waals surface area contributed by atoms with E-state index in [1.165, 1.54) is 0 Å². The van der Waals surface area contributed by atoms with Crippen molar-refractivity contribution in [1.82, 2.24) is 10.2 Å². The van der Waals surface area contributed by atoms with Crippen LogP contribution >= 0.6 is 0 Å². The van der Waals surface area contributed by atoms with Crippen LogP contribution in [0.2, 0.25) is 0 Å². The van der Waals surface area contributed by atoms with Crippen LogP contribution < -0.4 is 4.74 Å². The lowest BCUT2D eigenvalue weighted by Gasteiger charge is -2.22. The molecule has 12 heavy (non-hydrogen) atoms. The van der Waals surface area contributed by atoms with Gasteiger partial charge in [0.05, 0.1) is 25.6 Å². The average molecular weight is 168 g/mol. The van der Waals surface area contributed by atoms with Crippen molar-refractivity contribution in [3.8, 4) is 5.75 Å². The van der Waals surface area contributed by atoms with Crippen LogP contribution in [0.25, 0.3) is 0 Å². The highest BCUT2D eigenvalue weighted by Gasteiger charge is 2.15. The SMILES string of the molecule is c1n[nH]cc1OC1CCOCC1. The summed E-state index contributed by atoms with van der Waals surface area (Å²) in [5.41, 5.74) is 0. The predicted octanol–water partition coefficient (Wildman–Crippen LogP) is 0.968. The molecule has 4 heteroatoms. The molecule has 0 spiro atoms. The van der Waals surface area contributed by atoms with Gasteiger partial charge in [-0.05, 0) is 0 Å². The van der Waals surface area contributed by atoms with Gasteiger partial charge in [0.25, 0.3) is 0 Å². The quantitative estimate of drug-likeness (QED) is 0.715. The Morgan fingerprint density at radius 1 is 1.50 bits per heavy atom. The van der Waals surface area contributed by atoms with E-state index in [2.05, 4.69) is 10.2 Å². The van der Waals surface area contributed by atoms with E-state index in [0.717, 1.165) is 31.8 Å². The van der Waals surface area contributed by atoms with Gasteiger partial charge in [-0.25, -0.2) is 0 Å². The van der Waals surface area contributed by atoms with Crippen LogP contribution in [0.4, 0.5) is 0 Å². The summed E-state index contributed by atoms with van der Waals surface area (Å²) in [6.07, 6.45) is 5.71. The molecule has 1 aromatic rings. The molecule has 0 unspecified atom stereocenters. The van der Waals surface area contributed by atoms with Crippen LogP contribution in [0.5, 0.6) is 5.75 Å². The van der Waals surface area contributed by atoms with Gasteiger partial charge in [0.2, 0.25) is 0 Å². The molecule has 2 heterocycles. The molecule has 66 valence electrons. The highest BCUT2D eigenvalue weighted by molar-refractivity contribution is 5.10. The third-order valence-electron chi connectivity index (χ3n) is 1.94. The summed E-state index contributed by atoms with van der Waals surface area (Å²) < 4.78 is 10.8. The molecule has 1 aliphatic rings. The van der Waals surface area contributed by atoms with Gasteiger partial charge in [0.15, 0.2) is 5.75 Å². The maximum Gasteiger partial charge on any atom is 0.157 e. The van der Waals surface area contributed by atoms with Gasteiger partial charge in [-0.1, -0.05) is 0 Å². The molecule has 1 fully saturated rings. The molecule has 2 rings (SSSR count). The van der Waals surface area contributed by atoms with Gasteiger partial charge >= 0.3 is 0 Å². The van der Waals surface area contributed by atoms with E-state index in [4.69, 9.17) is 9.47 Å². The van der Waals surface area contributed by atoms with Crippen molar-refractivity contribution in [2.24, 2.45) is 0 Å². The standard InChI is InChI=1S/C8H12N2O2/c1-3-11-4-2-7(1)12-8-5-9-10-6-8/h5-7H,1-4H2,(H,9,10). The summed E-state index contributed by atoms with van der Waals surface area (Å²) in [5, 5.41) is 6.52. The monoisotopic (exact) mass is 168 g/mol. The van der Waals surface area contributed by atoms with E-state index in [0.29, 0.717) is 6.10 Å². The first-order chi connectivity index (χ1) is 5.95. The third kappa shape index (κ3) is 1.76. The minimum atomic E-state index is 0.302. The molecule has 4 nitrogen and oxygen atoms in total. The Morgan fingerprint density at radius 2 is 2.33 bits per heavy atom. The van der Waals surface area contributed by atoms with Crippen LogP contribution in [0.1, 0.15) is 12.8 Å². The summed E-state index contributed by atoms with van der Waals surface area (Å²) in [6.45, 7) is 1.62. The fourth-order valence-electron chi connectivity index (χ4n) is 1.29. The molecule has 0 aliphatic carbocycles. The van der Waals surface area contributed by atoms with E-state index < -0.39 is 0 Å². The second-order valence-corrected chi connectivity index (χ2v) is 2.86. The summed E-state index contributed by atoms with van der Waals surface area (Å²) in [4.78, 5) is 0. The van der Waals surface area contributed by atoms with Crippen LogP contribution in [0.15, 0.2) is 12.4 Å². The van der Waals surface area contributed by atoms with Gasteiger partial charge in [-0.15, -0.1) is 0 Å². The minimum absolute atomic E-state index is 0.302. The Labute approximate surface area is 70.9 Å². The highest BCUT2D eigenvalue weighted by Crippen LogP contribution is 2.15. The zero-order chi connectivity index (χ0) is 8.23. The van der Waals surface area contributed by atoms with Crippen molar-refractivity contribution >= 4 is 0 Å². The first-order valence-electron chi connectivity index (χ1n) is 4.18. The van der Waals surface area contributed by atoms with Crippen molar-refractivity contribution in [3.63, 3.8) is 0 Å². The number of rotatable bonds is 2. The molecule has 1 aliphatic heterocycles. The van der Waals surface area contributed by atoms with E-state index in [9.17, 15) is 0 Å². The van der Waals surface area contributed by atoms with E-state index in [1.807, 2.05) is 0 Å². The maximum atomic E-state index is 5.62. The Kier molecular flexibility index (Phi) is 2.27. The Morgan fingerprint density at radius 3 is 3.00 bits per heavy atom. The summed E-state index contributed by atoms with van der Waals surface area (Å²) >= 11 is 0. The molecule has 1 aromatic heterocycles. The van der Waals surface area contributed by atoms with Crippen molar-refractivity contribution in [1.29, 1.82) is 0 Å². The number of aromatic amines is 1. The molecular weight excluding hydrogens is 156 g/mol. The van der Waals surface area contributed by atoms with E-state index in [-0.39, 0.29) is 0 Å². The molecule has 0 atom stereocenters. The fourth-order valence-corrected chi connectivity index (χ4v) is 1.29. The Bertz CT molecular complexity index is 217. The number of aromatic nitrogens is 2. The maximum absolute atomic E-state index is 5.62. The molecule has 0 amide bonds. The van der Waals surface area contributed by atoms with Crippen LogP contribution in [0, 0.1) is 0 Å². The molecule has 1 N–H and O–H groups in total. The highest BCUT2D eigenvalue weighted by atomic mass is 16.5. The lowest BCUT2D eigenvalue weighted by atomic mass is 10.1. The number of H-pyrrole nitrogens is 1. The Hall–Kier alpha value is -1.03. The molecule has 1 saturated heterocycles. The summed E-state index contributed by atoms with van der Waals surface area (Å²) in [7, 11) is 0. The van der Waals surface area contributed by atoms with E-state index in [1.54, 1.807) is 12.4 Å². The zero-order valence-electron chi connectivity index (χ0n) is 6.82. The van der Waals surface area contributed by atoms with Crippen molar-refractivity contribution in [2.45, 2.75) is 18.9 Å². The second kappa shape index (κ2) is 3.58. The largest absolute Gasteiger partial charge is 0.487 e. The molecular formula is C8H12N2O2. The second-order valence-electron chi connectivity index (χ2n) is 2.86. The lowest BCUT2D eigenvalue weighted by Crippen LogP contribution is -2.25. The molecule has 0 aromatic carbocycles. The lowest BCUT2D eigenvalue weighted by molar-refractivity contribution is 0.0256. The summed E-state index contributed by atoms with van der Waals surface area (Å²) in [6, 6.07) is 0. The van der Waals surface area contributed by atoms with Crippen molar-refractivity contribution in [3.05, 3.63) is 12.4 Å². The van der Waals surface area contributed by atoms with Crippen molar-refractivity contribution < 1.29 is 9.47 Å². The van der Waals surface area contributed by atoms with Crippen LogP contribution in [-0.4, -0.2) is 29.5 Å². The number of ether oxygens (including phenoxy) is 2. The summed E-state index contributed by atoms with van der Waals surface area (Å²) in [5.74, 6) is 0.821. The smallest absolute Gasteiger partial charge is 0.157 e. The zero-order valence-corrected chi connectivity index (χ0v) is 6.82.